The second-order valence-electron chi connectivity index (χ2n) is 9.13. The number of aliphatic hydroxyl groups is 1. The van der Waals surface area contributed by atoms with Gasteiger partial charge in [-0.1, -0.05) is 41.9 Å². The van der Waals surface area contributed by atoms with E-state index in [2.05, 4.69) is 10.6 Å². The molecule has 0 bridgehead atoms. The van der Waals surface area contributed by atoms with Crippen molar-refractivity contribution in [2.45, 2.75) is 25.7 Å². The number of benzene rings is 2. The van der Waals surface area contributed by atoms with Crippen molar-refractivity contribution >= 4 is 50.0 Å². The average molecular weight is 566 g/mol. The molecule has 0 aliphatic rings. The predicted octanol–water partition coefficient (Wildman–Crippen LogP) is 4.86. The number of nitrogens with zero attached hydrogens (tertiary/aromatic N) is 1. The van der Waals surface area contributed by atoms with E-state index in [9.17, 15) is 14.7 Å². The van der Waals surface area contributed by atoms with Gasteiger partial charge in [-0.3, -0.25) is 9.59 Å². The Morgan fingerprint density at radius 1 is 1.15 bits per heavy atom. The number of halogens is 1. The summed E-state index contributed by atoms with van der Waals surface area (Å²) in [5.41, 5.74) is 1.36. The van der Waals surface area contributed by atoms with Crippen LogP contribution < -0.4 is 16.1 Å². The third kappa shape index (κ3) is 6.24. The van der Waals surface area contributed by atoms with E-state index in [0.717, 1.165) is 26.2 Å². The molecule has 0 aliphatic carbocycles. The van der Waals surface area contributed by atoms with Crippen molar-refractivity contribution in [3.63, 3.8) is 0 Å². The van der Waals surface area contributed by atoms with Crippen LogP contribution in [-0.2, 0) is 24.4 Å². The molecule has 3 heterocycles. The normalized spacial score (nSPS) is 12.3. The summed E-state index contributed by atoms with van der Waals surface area (Å²) in [5.74, 6) is 0.0522. The summed E-state index contributed by atoms with van der Waals surface area (Å²) in [5, 5.41) is 18.7. The minimum atomic E-state index is -0.815. The van der Waals surface area contributed by atoms with Crippen LogP contribution in [0.15, 0.2) is 76.1 Å². The number of pyridine rings is 1. The molecule has 1 unspecified atom stereocenters. The first-order chi connectivity index (χ1) is 18.9. The molecule has 0 radical (unpaired) electrons. The number of hydrogen-bond acceptors (Lipinski definition) is 7. The Bertz CT molecular complexity index is 1620. The number of amides is 1. The van der Waals surface area contributed by atoms with Crippen LogP contribution in [0.3, 0.4) is 0 Å². The monoisotopic (exact) mass is 565 g/mol. The lowest BCUT2D eigenvalue weighted by molar-refractivity contribution is 0.0949. The number of aromatic nitrogens is 1. The fourth-order valence-electron chi connectivity index (χ4n) is 4.31. The Balaban J connectivity index is 1.31. The predicted molar refractivity (Wildman–Crippen MR) is 153 cm³/mol. The largest absolute Gasteiger partial charge is 0.458 e. The molecule has 0 saturated carbocycles. The molecule has 0 aliphatic heterocycles. The molecule has 5 rings (SSSR count). The molecule has 0 spiro atoms. The van der Waals surface area contributed by atoms with Gasteiger partial charge in [0.15, 0.2) is 0 Å². The van der Waals surface area contributed by atoms with Crippen LogP contribution in [0.4, 0.5) is 0 Å². The van der Waals surface area contributed by atoms with Crippen molar-refractivity contribution in [3.8, 4) is 0 Å². The van der Waals surface area contributed by atoms with Crippen molar-refractivity contribution in [1.29, 1.82) is 0 Å². The highest BCUT2D eigenvalue weighted by Gasteiger charge is 2.19. The zero-order chi connectivity index (χ0) is 27.4. The summed E-state index contributed by atoms with van der Waals surface area (Å²) in [7, 11) is 1.61. The molecule has 39 heavy (non-hydrogen) atoms. The third-order valence-corrected chi connectivity index (χ3v) is 7.78. The number of ether oxygens (including phenoxy) is 1. The SMILES string of the molecule is COCCn1cc(C(=O)NCc2ccc(Cl)cc2)c(=O)c2cc(CNCC(O)c3cc4ccccc4o3)sc21. The molecule has 0 saturated heterocycles. The Morgan fingerprint density at radius 3 is 2.72 bits per heavy atom. The van der Waals surface area contributed by atoms with Crippen molar-refractivity contribution in [2.24, 2.45) is 0 Å². The molecule has 1 atom stereocenters. The number of para-hydroxylation sites is 1. The van der Waals surface area contributed by atoms with Crippen LogP contribution in [-0.4, -0.2) is 35.8 Å². The van der Waals surface area contributed by atoms with Crippen molar-refractivity contribution in [1.82, 2.24) is 15.2 Å². The Kier molecular flexibility index (Phi) is 8.44. The van der Waals surface area contributed by atoms with Crippen molar-refractivity contribution in [3.05, 3.63) is 104 Å². The Labute approximate surface area is 233 Å². The van der Waals surface area contributed by atoms with Gasteiger partial charge in [-0.05, 0) is 35.9 Å². The maximum Gasteiger partial charge on any atom is 0.257 e. The average Bonchev–Trinajstić information content (AvgIpc) is 3.57. The number of nitrogens with one attached hydrogen (secondary N) is 2. The van der Waals surface area contributed by atoms with Crippen LogP contribution in [0.25, 0.3) is 21.2 Å². The van der Waals surface area contributed by atoms with Gasteiger partial charge < -0.3 is 29.5 Å². The lowest BCUT2D eigenvalue weighted by Gasteiger charge is -2.11. The molecule has 0 fully saturated rings. The molecule has 8 nitrogen and oxygen atoms in total. The number of thiophene rings is 1. The van der Waals surface area contributed by atoms with Crippen LogP contribution >= 0.6 is 22.9 Å². The highest BCUT2D eigenvalue weighted by molar-refractivity contribution is 7.18. The topological polar surface area (TPSA) is 106 Å². The Hall–Kier alpha value is -3.47. The van der Waals surface area contributed by atoms with E-state index in [1.165, 1.54) is 11.3 Å². The van der Waals surface area contributed by atoms with Gasteiger partial charge in [0.2, 0.25) is 5.43 Å². The molecule has 3 N–H and O–H groups in total. The summed E-state index contributed by atoms with van der Waals surface area (Å²) < 4.78 is 12.9. The lowest BCUT2D eigenvalue weighted by atomic mass is 10.1. The molecule has 1 amide bonds. The maximum atomic E-state index is 13.3. The number of furan rings is 1. The zero-order valence-electron chi connectivity index (χ0n) is 21.3. The van der Waals surface area contributed by atoms with E-state index in [0.29, 0.717) is 35.9 Å². The molecular formula is C29H28ClN3O5S. The minimum absolute atomic E-state index is 0.0742. The number of carbonyl (C=O) groups is 1. The Morgan fingerprint density at radius 2 is 1.95 bits per heavy atom. The second kappa shape index (κ2) is 12.1. The minimum Gasteiger partial charge on any atom is -0.458 e. The van der Waals surface area contributed by atoms with E-state index in [1.807, 2.05) is 53.1 Å². The number of aliphatic hydroxyl groups excluding tert-OH is 1. The summed E-state index contributed by atoms with van der Waals surface area (Å²) >= 11 is 7.40. The van der Waals surface area contributed by atoms with E-state index in [4.69, 9.17) is 20.8 Å². The third-order valence-electron chi connectivity index (χ3n) is 6.36. The quantitative estimate of drug-likeness (QED) is 0.211. The van der Waals surface area contributed by atoms with Gasteiger partial charge in [-0.15, -0.1) is 11.3 Å². The highest BCUT2D eigenvalue weighted by atomic mass is 35.5. The molecule has 3 aromatic heterocycles. The van der Waals surface area contributed by atoms with E-state index >= 15 is 0 Å². The number of methoxy groups -OCH3 is 1. The van der Waals surface area contributed by atoms with Crippen LogP contribution in [0.1, 0.15) is 32.7 Å². The lowest BCUT2D eigenvalue weighted by Crippen LogP contribution is -2.29. The molecule has 5 aromatic rings. The van der Waals surface area contributed by atoms with Crippen LogP contribution in [0.2, 0.25) is 5.02 Å². The summed E-state index contributed by atoms with van der Waals surface area (Å²) in [4.78, 5) is 28.0. The number of fused-ring (bicyclic) bond motifs is 2. The number of rotatable bonds is 11. The van der Waals surface area contributed by atoms with Crippen LogP contribution in [0, 0.1) is 0 Å². The van der Waals surface area contributed by atoms with Gasteiger partial charge in [-0.25, -0.2) is 0 Å². The summed E-state index contributed by atoms with van der Waals surface area (Å²) in [6, 6.07) is 18.4. The number of carbonyl (C=O) groups excluding carboxylic acids is 1. The molecule has 2 aromatic carbocycles. The first-order valence-electron chi connectivity index (χ1n) is 12.5. The smallest absolute Gasteiger partial charge is 0.257 e. The number of hydrogen-bond donors (Lipinski definition) is 3. The zero-order valence-corrected chi connectivity index (χ0v) is 22.8. The van der Waals surface area contributed by atoms with Gasteiger partial charge in [0.05, 0.1) is 12.0 Å². The molecular weight excluding hydrogens is 538 g/mol. The van der Waals surface area contributed by atoms with Gasteiger partial charge in [0.25, 0.3) is 5.91 Å². The second-order valence-corrected chi connectivity index (χ2v) is 10.7. The van der Waals surface area contributed by atoms with Gasteiger partial charge in [0, 0.05) is 54.8 Å². The van der Waals surface area contributed by atoms with Crippen molar-refractivity contribution in [2.75, 3.05) is 20.3 Å². The first-order valence-corrected chi connectivity index (χ1v) is 13.7. The van der Waals surface area contributed by atoms with Gasteiger partial charge >= 0.3 is 0 Å². The summed E-state index contributed by atoms with van der Waals surface area (Å²) in [6.45, 7) is 1.92. The molecule has 202 valence electrons. The van der Waals surface area contributed by atoms with Crippen LogP contribution in [0.5, 0.6) is 0 Å². The first kappa shape index (κ1) is 27.1. The maximum absolute atomic E-state index is 13.3. The van der Waals surface area contributed by atoms with E-state index < -0.39 is 12.0 Å². The molecule has 10 heteroatoms. The van der Waals surface area contributed by atoms with E-state index in [-0.39, 0.29) is 24.1 Å². The van der Waals surface area contributed by atoms with Gasteiger partial charge in [0.1, 0.15) is 27.8 Å². The van der Waals surface area contributed by atoms with E-state index in [1.54, 1.807) is 25.4 Å². The standard InChI is InChI=1S/C29H28ClN3O5S/c1-37-11-10-33-17-23(28(36)32-14-18-6-8-20(30)9-7-18)27(35)22-13-21(39-29(22)33)15-31-16-24(34)26-12-19-4-2-3-5-25(19)38-26/h2-9,12-13,17,24,31,34H,10-11,14-16H2,1H3,(H,32,36). The fraction of sp³-hybridized carbons (Fsp3) is 0.241. The van der Waals surface area contributed by atoms with Gasteiger partial charge in [-0.2, -0.15) is 0 Å². The highest BCUT2D eigenvalue weighted by Crippen LogP contribution is 2.26. The fourth-order valence-corrected chi connectivity index (χ4v) is 5.56. The van der Waals surface area contributed by atoms with Crippen molar-refractivity contribution < 1.29 is 19.1 Å². The summed E-state index contributed by atoms with van der Waals surface area (Å²) in [6.07, 6.45) is 0.782.